The lowest BCUT2D eigenvalue weighted by Crippen LogP contribution is -2.35. The van der Waals surface area contributed by atoms with Crippen LogP contribution in [0.3, 0.4) is 0 Å². The molecule has 1 saturated heterocycles. The van der Waals surface area contributed by atoms with Crippen LogP contribution in [0.2, 0.25) is 5.02 Å². The number of amides is 1. The fourth-order valence-corrected chi connectivity index (χ4v) is 4.58. The average molecular weight is 413 g/mol. The summed E-state index contributed by atoms with van der Waals surface area (Å²) < 4.78 is 0. The van der Waals surface area contributed by atoms with Crippen molar-refractivity contribution in [1.82, 2.24) is 15.1 Å². The van der Waals surface area contributed by atoms with E-state index >= 15 is 0 Å². The second-order valence-electron chi connectivity index (χ2n) is 6.87. The Balaban J connectivity index is 1.46. The van der Waals surface area contributed by atoms with Gasteiger partial charge in [-0.25, -0.2) is 0 Å². The highest BCUT2D eigenvalue weighted by molar-refractivity contribution is 7.18. The van der Waals surface area contributed by atoms with E-state index in [1.807, 2.05) is 60.4 Å². The second kappa shape index (κ2) is 8.29. The number of anilines is 1. The maximum absolute atomic E-state index is 12.8. The van der Waals surface area contributed by atoms with E-state index in [9.17, 15) is 4.79 Å². The normalized spacial score (nSPS) is 14.8. The van der Waals surface area contributed by atoms with Gasteiger partial charge in [-0.05, 0) is 31.5 Å². The molecule has 3 aromatic rings. The molecule has 2 heterocycles. The largest absolute Gasteiger partial charge is 0.345 e. The van der Waals surface area contributed by atoms with E-state index in [2.05, 4.69) is 15.1 Å². The Morgan fingerprint density at radius 1 is 1.04 bits per heavy atom. The van der Waals surface area contributed by atoms with Crippen molar-refractivity contribution in [3.63, 3.8) is 0 Å². The molecule has 7 heteroatoms. The highest BCUT2D eigenvalue weighted by Crippen LogP contribution is 2.33. The molecule has 0 aliphatic carbocycles. The van der Waals surface area contributed by atoms with Gasteiger partial charge in [-0.15, -0.1) is 10.2 Å². The Hall–Kier alpha value is -2.44. The fraction of sp³-hybridized carbons (Fsp3) is 0.286. The van der Waals surface area contributed by atoms with E-state index < -0.39 is 0 Å². The zero-order valence-electron chi connectivity index (χ0n) is 15.6. The quantitative estimate of drug-likeness (QED) is 0.634. The lowest BCUT2D eigenvalue weighted by Gasteiger charge is -2.21. The van der Waals surface area contributed by atoms with Gasteiger partial charge in [0, 0.05) is 37.3 Å². The molecule has 1 aromatic heterocycles. The highest BCUT2D eigenvalue weighted by Gasteiger charge is 2.22. The first kappa shape index (κ1) is 18.9. The third-order valence-corrected chi connectivity index (χ3v) is 6.18. The summed E-state index contributed by atoms with van der Waals surface area (Å²) in [5.74, 6) is 0.0968. The maximum Gasteiger partial charge on any atom is 0.253 e. The molecular weight excluding hydrogens is 392 g/mol. The van der Waals surface area contributed by atoms with E-state index in [1.54, 1.807) is 0 Å². The van der Waals surface area contributed by atoms with Crippen molar-refractivity contribution >= 4 is 34.0 Å². The summed E-state index contributed by atoms with van der Waals surface area (Å²) in [6.45, 7) is 5.03. The number of aryl methyl sites for hydroxylation is 1. The average Bonchev–Trinajstić information content (AvgIpc) is 3.05. The van der Waals surface area contributed by atoms with Crippen molar-refractivity contribution < 1.29 is 4.79 Å². The van der Waals surface area contributed by atoms with Crippen LogP contribution in [0, 0.1) is 6.92 Å². The van der Waals surface area contributed by atoms with E-state index in [-0.39, 0.29) is 5.91 Å². The van der Waals surface area contributed by atoms with Crippen LogP contribution in [0.25, 0.3) is 10.6 Å². The van der Waals surface area contributed by atoms with Crippen molar-refractivity contribution in [2.75, 3.05) is 31.1 Å². The number of benzene rings is 2. The maximum atomic E-state index is 12.8. The fourth-order valence-electron chi connectivity index (χ4n) is 3.36. The molecule has 0 N–H and O–H groups in total. The Bertz CT molecular complexity index is 990. The first-order valence-corrected chi connectivity index (χ1v) is 10.5. The molecule has 28 heavy (non-hydrogen) atoms. The summed E-state index contributed by atoms with van der Waals surface area (Å²) >= 11 is 7.82. The third-order valence-electron chi connectivity index (χ3n) is 4.84. The molecule has 144 valence electrons. The van der Waals surface area contributed by atoms with Crippen molar-refractivity contribution in [3.05, 3.63) is 64.7 Å². The van der Waals surface area contributed by atoms with Gasteiger partial charge in [0.2, 0.25) is 5.13 Å². The Morgan fingerprint density at radius 2 is 1.89 bits per heavy atom. The zero-order valence-corrected chi connectivity index (χ0v) is 17.2. The number of hydrogen-bond donors (Lipinski definition) is 0. The second-order valence-corrected chi connectivity index (χ2v) is 8.24. The zero-order chi connectivity index (χ0) is 19.5. The van der Waals surface area contributed by atoms with E-state index in [4.69, 9.17) is 11.6 Å². The van der Waals surface area contributed by atoms with Crippen molar-refractivity contribution in [2.24, 2.45) is 0 Å². The molecule has 0 radical (unpaired) electrons. The molecule has 1 amide bonds. The van der Waals surface area contributed by atoms with Gasteiger partial charge in [-0.1, -0.05) is 58.8 Å². The van der Waals surface area contributed by atoms with Crippen LogP contribution in [0.5, 0.6) is 0 Å². The standard InChI is InChI=1S/C21H21ClN4OS/c1-15-6-4-7-16(14-15)20(27)25-10-5-11-26(13-12-25)21-24-23-19(28-21)17-8-2-3-9-18(17)22/h2-4,6-9,14H,5,10-13H2,1H3. The van der Waals surface area contributed by atoms with Gasteiger partial charge >= 0.3 is 0 Å². The molecule has 1 fully saturated rings. The number of halogens is 1. The van der Waals surface area contributed by atoms with Gasteiger partial charge in [0.1, 0.15) is 0 Å². The number of aromatic nitrogens is 2. The van der Waals surface area contributed by atoms with Gasteiger partial charge in [-0.3, -0.25) is 4.79 Å². The summed E-state index contributed by atoms with van der Waals surface area (Å²) in [4.78, 5) is 17.0. The summed E-state index contributed by atoms with van der Waals surface area (Å²) in [6, 6.07) is 15.4. The first-order valence-electron chi connectivity index (χ1n) is 9.31. The van der Waals surface area contributed by atoms with E-state index in [1.165, 1.54) is 11.3 Å². The first-order chi connectivity index (χ1) is 13.6. The van der Waals surface area contributed by atoms with Crippen LogP contribution in [0.4, 0.5) is 5.13 Å². The predicted octanol–water partition coefficient (Wildman–Crippen LogP) is 4.52. The van der Waals surface area contributed by atoms with Gasteiger partial charge in [0.25, 0.3) is 5.91 Å². The molecular formula is C21H21ClN4OS. The lowest BCUT2D eigenvalue weighted by atomic mass is 10.1. The van der Waals surface area contributed by atoms with Crippen LogP contribution in [-0.4, -0.2) is 47.2 Å². The van der Waals surface area contributed by atoms with Crippen LogP contribution in [0.1, 0.15) is 22.3 Å². The van der Waals surface area contributed by atoms with Crippen molar-refractivity contribution in [1.29, 1.82) is 0 Å². The minimum atomic E-state index is 0.0968. The number of rotatable bonds is 3. The Morgan fingerprint density at radius 3 is 2.71 bits per heavy atom. The van der Waals surface area contributed by atoms with E-state index in [0.717, 1.165) is 52.9 Å². The Labute approximate surface area is 173 Å². The molecule has 5 nitrogen and oxygen atoms in total. The van der Waals surface area contributed by atoms with Crippen molar-refractivity contribution in [3.8, 4) is 10.6 Å². The molecule has 0 bridgehead atoms. The molecule has 0 atom stereocenters. The molecule has 2 aromatic carbocycles. The molecule has 0 spiro atoms. The molecule has 1 aliphatic heterocycles. The molecule has 4 rings (SSSR count). The van der Waals surface area contributed by atoms with Gasteiger partial charge in [0.05, 0.1) is 5.02 Å². The summed E-state index contributed by atoms with van der Waals surface area (Å²) in [5.41, 5.74) is 2.76. The number of carbonyl (C=O) groups is 1. The molecule has 0 unspecified atom stereocenters. The van der Waals surface area contributed by atoms with Crippen LogP contribution < -0.4 is 4.90 Å². The van der Waals surface area contributed by atoms with E-state index in [0.29, 0.717) is 11.6 Å². The van der Waals surface area contributed by atoms with Crippen LogP contribution in [-0.2, 0) is 0 Å². The highest BCUT2D eigenvalue weighted by atomic mass is 35.5. The summed E-state index contributed by atoms with van der Waals surface area (Å²) in [5, 5.41) is 11.1. The topological polar surface area (TPSA) is 49.3 Å². The predicted molar refractivity (Wildman–Crippen MR) is 114 cm³/mol. The SMILES string of the molecule is Cc1cccc(C(=O)N2CCCN(c3nnc(-c4ccccc4Cl)s3)CC2)c1. The third kappa shape index (κ3) is 4.03. The number of hydrogen-bond acceptors (Lipinski definition) is 5. The summed E-state index contributed by atoms with van der Waals surface area (Å²) in [6.07, 6.45) is 0.901. The molecule has 1 aliphatic rings. The monoisotopic (exact) mass is 412 g/mol. The van der Waals surface area contributed by atoms with Crippen LogP contribution in [0.15, 0.2) is 48.5 Å². The smallest absolute Gasteiger partial charge is 0.253 e. The van der Waals surface area contributed by atoms with Crippen LogP contribution >= 0.6 is 22.9 Å². The lowest BCUT2D eigenvalue weighted by molar-refractivity contribution is 0.0767. The molecule has 0 saturated carbocycles. The summed E-state index contributed by atoms with van der Waals surface area (Å²) in [7, 11) is 0. The Kier molecular flexibility index (Phi) is 5.59. The number of carbonyl (C=O) groups excluding carboxylic acids is 1. The van der Waals surface area contributed by atoms with Gasteiger partial charge in [-0.2, -0.15) is 0 Å². The van der Waals surface area contributed by atoms with Crippen molar-refractivity contribution in [2.45, 2.75) is 13.3 Å². The minimum absolute atomic E-state index is 0.0968. The minimum Gasteiger partial charge on any atom is -0.345 e. The number of nitrogens with zero attached hydrogens (tertiary/aromatic N) is 4. The van der Waals surface area contributed by atoms with Gasteiger partial charge < -0.3 is 9.80 Å². The van der Waals surface area contributed by atoms with Gasteiger partial charge in [0.15, 0.2) is 5.01 Å².